The van der Waals surface area contributed by atoms with Crippen molar-refractivity contribution < 1.29 is 37.9 Å². The summed E-state index contributed by atoms with van der Waals surface area (Å²) in [4.78, 5) is 15.7. The Hall–Kier alpha value is -1.27. The van der Waals surface area contributed by atoms with Gasteiger partial charge in [-0.15, -0.1) is 0 Å². The molecule has 0 radical (unpaired) electrons. The van der Waals surface area contributed by atoms with Crippen molar-refractivity contribution in [2.24, 2.45) is 5.41 Å². The van der Waals surface area contributed by atoms with Crippen LogP contribution in [0.1, 0.15) is 31.7 Å². The molecule has 0 unspecified atom stereocenters. The Labute approximate surface area is 133 Å². The monoisotopic (exact) mass is 358 g/mol. The van der Waals surface area contributed by atoms with Crippen molar-refractivity contribution in [2.75, 3.05) is 6.61 Å². The van der Waals surface area contributed by atoms with Crippen LogP contribution in [-0.4, -0.2) is 23.7 Å². The van der Waals surface area contributed by atoms with Crippen molar-refractivity contribution in [3.8, 4) is 5.88 Å². The van der Waals surface area contributed by atoms with Crippen LogP contribution >= 0.6 is 0 Å². The van der Waals surface area contributed by atoms with Crippen molar-refractivity contribution in [1.82, 2.24) is 9.32 Å². The van der Waals surface area contributed by atoms with Crippen molar-refractivity contribution in [1.29, 1.82) is 0 Å². The second kappa shape index (κ2) is 6.87. The summed E-state index contributed by atoms with van der Waals surface area (Å²) in [5, 5.41) is 0.623. The Morgan fingerprint density at radius 1 is 1.45 bits per heavy atom. The molecule has 1 saturated carbocycles. The Balaban J connectivity index is 1.69. The molecule has 1 fully saturated rings. The van der Waals surface area contributed by atoms with Crippen LogP contribution < -0.4 is 9.07 Å². The van der Waals surface area contributed by atoms with Crippen LogP contribution in [0.4, 0.5) is 13.2 Å². The van der Waals surface area contributed by atoms with Gasteiger partial charge in [-0.3, -0.25) is 0 Å². The van der Waals surface area contributed by atoms with Crippen LogP contribution in [-0.2, 0) is 25.3 Å². The van der Waals surface area contributed by atoms with E-state index in [-0.39, 0.29) is 17.2 Å². The van der Waals surface area contributed by atoms with Gasteiger partial charge in [0.2, 0.25) is 0 Å². The predicted molar refractivity (Wildman–Crippen MR) is 69.6 cm³/mol. The van der Waals surface area contributed by atoms with Crippen LogP contribution in [0.25, 0.3) is 0 Å². The molecule has 1 amide bonds. The van der Waals surface area contributed by atoms with Gasteiger partial charge in [0.05, 0.1) is 0 Å². The van der Waals surface area contributed by atoms with Crippen molar-refractivity contribution in [3.05, 3.63) is 23.9 Å². The first-order chi connectivity index (χ1) is 10.3. The quantitative estimate of drug-likeness (QED) is 0.763. The third kappa shape index (κ3) is 5.50. The van der Waals surface area contributed by atoms with Crippen LogP contribution in [0.5, 0.6) is 5.88 Å². The van der Waals surface area contributed by atoms with E-state index in [1.807, 2.05) is 6.92 Å². The first-order valence-corrected chi connectivity index (χ1v) is 8.12. The normalized spacial score (nSPS) is 16.4. The molecular formula is C14H17F3FeN2O2. The summed E-state index contributed by atoms with van der Waals surface area (Å²) in [7, 11) is 0. The number of nitrogens with one attached hydrogen (secondary N) is 1. The number of carbonyl (C=O) groups excluding carboxylic acids is 1. The maximum absolute atomic E-state index is 12.0. The van der Waals surface area contributed by atoms with Gasteiger partial charge in [0.25, 0.3) is 0 Å². The number of hydrogen-bond acceptors (Lipinski definition) is 3. The van der Waals surface area contributed by atoms with Gasteiger partial charge >= 0.3 is 133 Å². The summed E-state index contributed by atoms with van der Waals surface area (Å²) in [5.74, 6) is 0.245. The van der Waals surface area contributed by atoms with Gasteiger partial charge in [-0.1, -0.05) is 0 Å². The predicted octanol–water partition coefficient (Wildman–Crippen LogP) is 2.83. The van der Waals surface area contributed by atoms with Gasteiger partial charge in [-0.05, 0) is 0 Å². The van der Waals surface area contributed by atoms with E-state index >= 15 is 0 Å². The molecule has 22 heavy (non-hydrogen) atoms. The van der Waals surface area contributed by atoms with Gasteiger partial charge in [-0.2, -0.15) is 0 Å². The number of rotatable bonds is 7. The Kier molecular flexibility index (Phi) is 5.34. The Morgan fingerprint density at radius 3 is 2.73 bits per heavy atom. The minimum absolute atomic E-state index is 0.0764. The fourth-order valence-electron chi connectivity index (χ4n) is 1.52. The zero-order valence-corrected chi connectivity index (χ0v) is 13.1. The van der Waals surface area contributed by atoms with Crippen LogP contribution in [0.15, 0.2) is 18.3 Å². The third-order valence-electron chi connectivity index (χ3n) is 3.33. The van der Waals surface area contributed by atoms with E-state index < -0.39 is 19.2 Å². The Bertz CT molecular complexity index is 516. The summed E-state index contributed by atoms with van der Waals surface area (Å²) >= 11 is 0.518. The van der Waals surface area contributed by atoms with Gasteiger partial charge < -0.3 is 0 Å². The first kappa shape index (κ1) is 17.1. The first-order valence-electron chi connectivity index (χ1n) is 6.79. The molecule has 0 bridgehead atoms. The minimum atomic E-state index is -4.23. The molecule has 4 nitrogen and oxygen atoms in total. The third-order valence-corrected chi connectivity index (χ3v) is 4.42. The SMILES string of the molecule is CC1(C(=O)[NH][Fe][CH2]c2ccc(OCCC(F)(F)F)nc2)CC1. The molecule has 1 heterocycles. The van der Waals surface area contributed by atoms with Crippen molar-refractivity contribution in [3.63, 3.8) is 0 Å². The molecule has 0 atom stereocenters. The number of alkyl halides is 3. The average Bonchev–Trinajstić information content (AvgIpc) is 3.18. The Morgan fingerprint density at radius 2 is 2.18 bits per heavy atom. The van der Waals surface area contributed by atoms with Crippen LogP contribution in [0.3, 0.4) is 0 Å². The molecule has 1 aliphatic rings. The average molecular weight is 358 g/mol. The fraction of sp³-hybridized carbons (Fsp3) is 0.571. The zero-order chi connectivity index (χ0) is 16.2. The molecule has 0 aliphatic heterocycles. The maximum atomic E-state index is 12.0. The van der Waals surface area contributed by atoms with Crippen LogP contribution in [0, 0.1) is 5.41 Å². The summed E-state index contributed by atoms with van der Waals surface area (Å²) in [5.41, 5.74) is 0.707. The summed E-state index contributed by atoms with van der Waals surface area (Å²) in [6.07, 6.45) is -1.81. The second-order valence-electron chi connectivity index (χ2n) is 5.45. The van der Waals surface area contributed by atoms with E-state index in [0.717, 1.165) is 18.4 Å². The van der Waals surface area contributed by atoms with E-state index in [9.17, 15) is 18.0 Å². The number of nitrogens with zero attached hydrogens (tertiary/aromatic N) is 1. The molecular weight excluding hydrogens is 341 g/mol. The van der Waals surface area contributed by atoms with Gasteiger partial charge in [0, 0.05) is 0 Å². The summed E-state index contributed by atoms with van der Waals surface area (Å²) < 4.78 is 43.7. The standard InChI is InChI=1S/C9H9F3NO.C5H9NO.Fe/c1-7-2-3-8(13-6-7)14-5-4-9(10,11)12;1-5(2-3-5)4(6)7;/h2-3,6H,1,4-5H2;2-3H2,1H3,(H2,6,7);/q;;+1/p-1. The summed E-state index contributed by atoms with van der Waals surface area (Å²) in [6.45, 7) is 1.50. The van der Waals surface area contributed by atoms with Gasteiger partial charge in [0.1, 0.15) is 0 Å². The van der Waals surface area contributed by atoms with E-state index in [1.54, 1.807) is 12.3 Å². The van der Waals surface area contributed by atoms with Crippen molar-refractivity contribution in [2.45, 2.75) is 37.7 Å². The molecule has 1 aromatic heterocycles. The summed E-state index contributed by atoms with van der Waals surface area (Å²) in [6, 6.07) is 3.27. The van der Waals surface area contributed by atoms with Gasteiger partial charge in [0.15, 0.2) is 0 Å². The van der Waals surface area contributed by atoms with E-state index in [2.05, 4.69) is 9.32 Å². The molecule has 124 valence electrons. The number of ether oxygens (including phenoxy) is 1. The molecule has 0 saturated heterocycles. The topological polar surface area (TPSA) is 51.2 Å². The molecule has 1 aromatic rings. The van der Waals surface area contributed by atoms with E-state index in [4.69, 9.17) is 4.74 Å². The number of amides is 1. The van der Waals surface area contributed by atoms with E-state index in [1.165, 1.54) is 6.07 Å². The fourth-order valence-corrected chi connectivity index (χ4v) is 2.59. The number of pyridine rings is 1. The van der Waals surface area contributed by atoms with Gasteiger partial charge in [-0.25, -0.2) is 0 Å². The molecule has 8 heteroatoms. The molecule has 0 aromatic carbocycles. The molecule has 0 spiro atoms. The zero-order valence-electron chi connectivity index (χ0n) is 12.0. The number of carbonyl (C=O) groups is 1. The number of hydrogen-bond donors (Lipinski definition) is 1. The van der Waals surface area contributed by atoms with E-state index in [0.29, 0.717) is 20.5 Å². The van der Waals surface area contributed by atoms with Crippen molar-refractivity contribution >= 4 is 5.91 Å². The molecule has 2 rings (SSSR count). The second-order valence-corrected chi connectivity index (χ2v) is 6.50. The van der Waals surface area contributed by atoms with Crippen LogP contribution in [0.2, 0.25) is 0 Å². The molecule has 1 aliphatic carbocycles. The molecule has 1 N–H and O–H groups in total. The number of aromatic nitrogens is 1. The number of halogens is 3.